The summed E-state index contributed by atoms with van der Waals surface area (Å²) < 4.78 is 55.8. The predicted molar refractivity (Wildman–Crippen MR) is 93.5 cm³/mol. The number of benzene rings is 2. The molecule has 0 aliphatic rings. The van der Waals surface area contributed by atoms with Crippen LogP contribution in [0.4, 0.5) is 14.7 Å². The molecule has 0 atom stereocenters. The molecule has 9 heteroatoms. The van der Waals surface area contributed by atoms with E-state index < -0.39 is 21.7 Å². The van der Waals surface area contributed by atoms with Gasteiger partial charge < -0.3 is 5.73 Å². The largest absolute Gasteiger partial charge is 0.368 e. The van der Waals surface area contributed by atoms with Crippen LogP contribution in [-0.2, 0) is 10.0 Å². The van der Waals surface area contributed by atoms with Crippen LogP contribution in [-0.4, -0.2) is 25.4 Å². The van der Waals surface area contributed by atoms with Crippen LogP contribution in [0.2, 0.25) is 0 Å². The highest BCUT2D eigenvalue weighted by atomic mass is 32.2. The van der Waals surface area contributed by atoms with Crippen LogP contribution >= 0.6 is 0 Å². The highest BCUT2D eigenvalue weighted by Crippen LogP contribution is 2.34. The predicted octanol–water partition coefficient (Wildman–Crippen LogP) is 2.58. The summed E-state index contributed by atoms with van der Waals surface area (Å²) in [5.41, 5.74) is 5.47. The first-order valence-electron chi connectivity index (χ1n) is 7.44. The molecule has 26 heavy (non-hydrogen) atoms. The number of rotatable bonds is 4. The standard InChI is InChI=1S/C17H14F2N4O2S/c1-21-26(24,25)14-5-3-2-4-12(14)13-7-6-11(15(18)16(13)19)10-8-22-17(20)23-9-10/h2-9,21H,1H3,(H2,20,22,23). The second kappa shape index (κ2) is 6.77. The fourth-order valence-electron chi connectivity index (χ4n) is 2.49. The minimum Gasteiger partial charge on any atom is -0.368 e. The minimum atomic E-state index is -3.85. The molecule has 0 radical (unpaired) electrons. The van der Waals surface area contributed by atoms with E-state index in [4.69, 9.17) is 5.73 Å². The van der Waals surface area contributed by atoms with Crippen LogP contribution in [0.15, 0.2) is 53.7 Å². The molecule has 0 aliphatic heterocycles. The number of nitrogens with one attached hydrogen (secondary N) is 1. The maximum atomic E-state index is 14.7. The molecule has 3 aromatic rings. The lowest BCUT2D eigenvalue weighted by Gasteiger charge is -2.12. The number of nitrogen functional groups attached to an aromatic ring is 1. The molecule has 0 saturated carbocycles. The summed E-state index contributed by atoms with van der Waals surface area (Å²) in [6.45, 7) is 0. The Labute approximate surface area is 148 Å². The molecule has 0 saturated heterocycles. The van der Waals surface area contributed by atoms with Crippen molar-refractivity contribution in [2.45, 2.75) is 4.90 Å². The van der Waals surface area contributed by atoms with E-state index in [9.17, 15) is 17.2 Å². The first-order chi connectivity index (χ1) is 12.3. The third kappa shape index (κ3) is 3.14. The second-order valence-corrected chi connectivity index (χ2v) is 7.18. The van der Waals surface area contributed by atoms with Gasteiger partial charge in [0, 0.05) is 34.6 Å². The molecule has 3 N–H and O–H groups in total. The van der Waals surface area contributed by atoms with Crippen LogP contribution in [0, 0.1) is 11.6 Å². The van der Waals surface area contributed by atoms with Gasteiger partial charge in [-0.05, 0) is 13.1 Å². The summed E-state index contributed by atoms with van der Waals surface area (Å²) in [4.78, 5) is 7.36. The quantitative estimate of drug-likeness (QED) is 0.729. The molecule has 134 valence electrons. The second-order valence-electron chi connectivity index (χ2n) is 5.32. The Morgan fingerprint density at radius 2 is 1.50 bits per heavy atom. The van der Waals surface area contributed by atoms with Gasteiger partial charge in [-0.3, -0.25) is 0 Å². The van der Waals surface area contributed by atoms with Gasteiger partial charge in [0.05, 0.1) is 4.90 Å². The van der Waals surface area contributed by atoms with Crippen molar-refractivity contribution in [2.24, 2.45) is 0 Å². The first-order valence-corrected chi connectivity index (χ1v) is 8.92. The van der Waals surface area contributed by atoms with Crippen molar-refractivity contribution >= 4 is 16.0 Å². The Balaban J connectivity index is 2.18. The summed E-state index contributed by atoms with van der Waals surface area (Å²) in [5.74, 6) is -2.29. The molecule has 0 unspecified atom stereocenters. The Hall–Kier alpha value is -2.91. The van der Waals surface area contributed by atoms with Gasteiger partial charge in [0.25, 0.3) is 0 Å². The van der Waals surface area contributed by atoms with Gasteiger partial charge in [0.1, 0.15) is 0 Å². The zero-order valence-corrected chi connectivity index (χ0v) is 14.4. The lowest BCUT2D eigenvalue weighted by atomic mass is 10.00. The summed E-state index contributed by atoms with van der Waals surface area (Å²) in [6, 6.07) is 8.43. The third-order valence-corrected chi connectivity index (χ3v) is 5.27. The van der Waals surface area contributed by atoms with Crippen LogP contribution in [0.25, 0.3) is 22.3 Å². The molecule has 0 amide bonds. The fraction of sp³-hybridized carbons (Fsp3) is 0.0588. The van der Waals surface area contributed by atoms with E-state index >= 15 is 0 Å². The topological polar surface area (TPSA) is 98.0 Å². The van der Waals surface area contributed by atoms with Crippen LogP contribution in [0.3, 0.4) is 0 Å². The van der Waals surface area contributed by atoms with Gasteiger partial charge >= 0.3 is 0 Å². The number of halogens is 2. The Bertz CT molecular complexity index is 1070. The van der Waals surface area contributed by atoms with E-state index in [0.29, 0.717) is 0 Å². The lowest BCUT2D eigenvalue weighted by molar-refractivity contribution is 0.513. The molecule has 1 heterocycles. The van der Waals surface area contributed by atoms with E-state index in [0.717, 1.165) is 0 Å². The van der Waals surface area contributed by atoms with Crippen molar-refractivity contribution in [1.29, 1.82) is 0 Å². The smallest absolute Gasteiger partial charge is 0.240 e. The Kier molecular flexibility index (Phi) is 4.66. The van der Waals surface area contributed by atoms with E-state index in [1.54, 1.807) is 6.07 Å². The van der Waals surface area contributed by atoms with Crippen molar-refractivity contribution in [1.82, 2.24) is 14.7 Å². The van der Waals surface area contributed by atoms with Gasteiger partial charge in [-0.15, -0.1) is 0 Å². The molecular formula is C17H14F2N4O2S. The summed E-state index contributed by atoms with van der Waals surface area (Å²) in [7, 11) is -2.60. The summed E-state index contributed by atoms with van der Waals surface area (Å²) in [5, 5.41) is 0. The lowest BCUT2D eigenvalue weighted by Crippen LogP contribution is -2.19. The van der Waals surface area contributed by atoms with Crippen molar-refractivity contribution < 1.29 is 17.2 Å². The Morgan fingerprint density at radius 1 is 0.923 bits per heavy atom. The van der Waals surface area contributed by atoms with Crippen molar-refractivity contribution in [3.05, 3.63) is 60.4 Å². The van der Waals surface area contributed by atoms with Gasteiger partial charge in [-0.2, -0.15) is 0 Å². The number of hydrogen-bond donors (Lipinski definition) is 2. The molecular weight excluding hydrogens is 362 g/mol. The first kappa shape index (κ1) is 17.9. The summed E-state index contributed by atoms with van der Waals surface area (Å²) >= 11 is 0. The van der Waals surface area contributed by atoms with Crippen LogP contribution in [0.5, 0.6) is 0 Å². The zero-order chi connectivity index (χ0) is 18.9. The van der Waals surface area contributed by atoms with Crippen LogP contribution < -0.4 is 10.5 Å². The summed E-state index contributed by atoms with van der Waals surface area (Å²) in [6.07, 6.45) is 2.55. The van der Waals surface area contributed by atoms with E-state index in [2.05, 4.69) is 14.7 Å². The molecule has 1 aromatic heterocycles. The number of aromatic nitrogens is 2. The van der Waals surface area contributed by atoms with Gasteiger partial charge in [-0.1, -0.05) is 30.3 Å². The third-order valence-electron chi connectivity index (χ3n) is 3.80. The van der Waals surface area contributed by atoms with Crippen molar-refractivity contribution in [3.8, 4) is 22.3 Å². The normalized spacial score (nSPS) is 11.5. The van der Waals surface area contributed by atoms with Crippen molar-refractivity contribution in [2.75, 3.05) is 12.8 Å². The number of anilines is 1. The molecule has 3 rings (SSSR count). The number of hydrogen-bond acceptors (Lipinski definition) is 5. The van der Waals surface area contributed by atoms with Gasteiger partial charge in [-0.25, -0.2) is 31.9 Å². The number of nitrogens with zero attached hydrogens (tertiary/aromatic N) is 2. The molecule has 6 nitrogen and oxygen atoms in total. The molecule has 0 aliphatic carbocycles. The van der Waals surface area contributed by atoms with Gasteiger partial charge in [0.15, 0.2) is 11.6 Å². The van der Waals surface area contributed by atoms with Gasteiger partial charge in [0.2, 0.25) is 16.0 Å². The van der Waals surface area contributed by atoms with E-state index in [-0.39, 0.29) is 33.1 Å². The molecule has 0 spiro atoms. The molecule has 2 aromatic carbocycles. The molecule has 0 bridgehead atoms. The monoisotopic (exact) mass is 376 g/mol. The Morgan fingerprint density at radius 3 is 2.15 bits per heavy atom. The minimum absolute atomic E-state index is 0.0115. The molecule has 0 fully saturated rings. The maximum Gasteiger partial charge on any atom is 0.240 e. The maximum absolute atomic E-state index is 14.7. The van der Waals surface area contributed by atoms with E-state index in [1.165, 1.54) is 49.8 Å². The average Bonchev–Trinajstić information content (AvgIpc) is 2.65. The highest BCUT2D eigenvalue weighted by molar-refractivity contribution is 7.89. The SMILES string of the molecule is CNS(=O)(=O)c1ccccc1-c1ccc(-c2cnc(N)nc2)c(F)c1F. The van der Waals surface area contributed by atoms with Crippen molar-refractivity contribution in [3.63, 3.8) is 0 Å². The average molecular weight is 376 g/mol. The van der Waals surface area contributed by atoms with Crippen LogP contribution in [0.1, 0.15) is 0 Å². The van der Waals surface area contributed by atoms with E-state index in [1.807, 2.05) is 0 Å². The highest BCUT2D eigenvalue weighted by Gasteiger charge is 2.22. The number of nitrogens with two attached hydrogens (primary N) is 1. The fourth-order valence-corrected chi connectivity index (χ4v) is 3.44. The zero-order valence-electron chi connectivity index (χ0n) is 13.6. The number of sulfonamides is 1.